The van der Waals surface area contributed by atoms with Gasteiger partial charge in [-0.2, -0.15) is 0 Å². The molecule has 1 atom stereocenters. The number of halogens is 1. The predicted molar refractivity (Wildman–Crippen MR) is 97.6 cm³/mol. The summed E-state index contributed by atoms with van der Waals surface area (Å²) in [5.74, 6) is 0.116. The second kappa shape index (κ2) is 7.96. The van der Waals surface area contributed by atoms with Crippen LogP contribution in [0.5, 0.6) is 5.75 Å². The van der Waals surface area contributed by atoms with Crippen LogP contribution in [0.4, 0.5) is 10.5 Å². The summed E-state index contributed by atoms with van der Waals surface area (Å²) in [5, 5.41) is 5.30. The average Bonchev–Trinajstić information content (AvgIpc) is 2.50. The first-order valence-electron chi connectivity index (χ1n) is 7.06. The summed E-state index contributed by atoms with van der Waals surface area (Å²) in [6.45, 7) is 3.52. The van der Waals surface area contributed by atoms with E-state index in [1.54, 1.807) is 31.2 Å². The maximum absolute atomic E-state index is 12.2. The molecular formula is C17H17IN2O3. The third kappa shape index (κ3) is 5.24. The van der Waals surface area contributed by atoms with Crippen LogP contribution in [-0.4, -0.2) is 18.0 Å². The Morgan fingerprint density at radius 3 is 2.48 bits per heavy atom. The minimum absolute atomic E-state index is 0.306. The number of hydrogen-bond donors (Lipinski definition) is 2. The van der Waals surface area contributed by atoms with Gasteiger partial charge in [0.2, 0.25) is 5.91 Å². The zero-order valence-corrected chi connectivity index (χ0v) is 15.0. The van der Waals surface area contributed by atoms with Crippen LogP contribution in [0.3, 0.4) is 0 Å². The Bertz CT molecular complexity index is 704. The second-order valence-electron chi connectivity index (χ2n) is 5.02. The van der Waals surface area contributed by atoms with Crippen LogP contribution in [0.15, 0.2) is 48.5 Å². The third-order valence-electron chi connectivity index (χ3n) is 3.13. The quantitative estimate of drug-likeness (QED) is 0.736. The van der Waals surface area contributed by atoms with Gasteiger partial charge in [0, 0.05) is 9.26 Å². The maximum Gasteiger partial charge on any atom is 0.413 e. The predicted octanol–water partition coefficient (Wildman–Crippen LogP) is 3.72. The van der Waals surface area contributed by atoms with Crippen molar-refractivity contribution in [2.75, 3.05) is 5.32 Å². The molecule has 120 valence electrons. The summed E-state index contributed by atoms with van der Waals surface area (Å²) in [5.41, 5.74) is 1.69. The van der Waals surface area contributed by atoms with Gasteiger partial charge >= 0.3 is 6.09 Å². The zero-order chi connectivity index (χ0) is 16.8. The number of benzene rings is 2. The van der Waals surface area contributed by atoms with Crippen molar-refractivity contribution in [3.05, 3.63) is 57.7 Å². The van der Waals surface area contributed by atoms with Gasteiger partial charge < -0.3 is 15.4 Å². The number of para-hydroxylation sites is 1. The van der Waals surface area contributed by atoms with E-state index in [9.17, 15) is 9.59 Å². The van der Waals surface area contributed by atoms with Crippen LogP contribution in [0.2, 0.25) is 0 Å². The number of aryl methyl sites for hydroxylation is 1. The number of rotatable bonds is 4. The van der Waals surface area contributed by atoms with Crippen LogP contribution in [0.1, 0.15) is 12.5 Å². The summed E-state index contributed by atoms with van der Waals surface area (Å²) in [4.78, 5) is 23.9. The van der Waals surface area contributed by atoms with E-state index in [-0.39, 0.29) is 5.91 Å². The number of carbonyl (C=O) groups excluding carboxylic acids is 2. The first kappa shape index (κ1) is 17.3. The summed E-state index contributed by atoms with van der Waals surface area (Å²) in [7, 11) is 0. The van der Waals surface area contributed by atoms with Gasteiger partial charge in [0.25, 0.3) is 0 Å². The Kier molecular flexibility index (Phi) is 5.97. The Morgan fingerprint density at radius 2 is 1.83 bits per heavy atom. The fourth-order valence-electron chi connectivity index (χ4n) is 1.88. The molecule has 0 heterocycles. The summed E-state index contributed by atoms with van der Waals surface area (Å²) < 4.78 is 6.19. The molecule has 5 nitrogen and oxygen atoms in total. The highest BCUT2D eigenvalue weighted by Gasteiger charge is 2.17. The van der Waals surface area contributed by atoms with Crippen molar-refractivity contribution in [2.45, 2.75) is 19.9 Å². The van der Waals surface area contributed by atoms with E-state index in [2.05, 4.69) is 33.2 Å². The molecule has 23 heavy (non-hydrogen) atoms. The smallest absolute Gasteiger partial charge is 0.410 e. The van der Waals surface area contributed by atoms with Gasteiger partial charge in [-0.25, -0.2) is 4.79 Å². The first-order chi connectivity index (χ1) is 11.0. The molecule has 2 aromatic carbocycles. The largest absolute Gasteiger partial charge is 0.413 e. The lowest BCUT2D eigenvalue weighted by atomic mass is 10.2. The SMILES string of the molecule is Cc1cc(I)ccc1NC(=O)[C@H](C)NC(=O)Oc1ccccc1. The van der Waals surface area contributed by atoms with Gasteiger partial charge in [-0.05, 0) is 72.3 Å². The second-order valence-corrected chi connectivity index (χ2v) is 6.26. The highest BCUT2D eigenvalue weighted by Crippen LogP contribution is 2.17. The van der Waals surface area contributed by atoms with Crippen molar-refractivity contribution in [3.63, 3.8) is 0 Å². The van der Waals surface area contributed by atoms with Crippen molar-refractivity contribution < 1.29 is 14.3 Å². The first-order valence-corrected chi connectivity index (χ1v) is 8.14. The zero-order valence-electron chi connectivity index (χ0n) is 12.8. The standard InChI is InChI=1S/C17H17IN2O3/c1-11-10-13(18)8-9-15(11)20-16(21)12(2)19-17(22)23-14-6-4-3-5-7-14/h3-10,12H,1-2H3,(H,19,22)(H,20,21)/t12-/m0/s1. The topological polar surface area (TPSA) is 67.4 Å². The van der Waals surface area contributed by atoms with E-state index in [0.29, 0.717) is 5.75 Å². The molecule has 0 unspecified atom stereocenters. The number of nitrogens with one attached hydrogen (secondary N) is 2. The fraction of sp³-hybridized carbons (Fsp3) is 0.176. The minimum atomic E-state index is -0.718. The number of anilines is 1. The molecule has 0 bridgehead atoms. The number of carbonyl (C=O) groups is 2. The minimum Gasteiger partial charge on any atom is -0.410 e. The molecule has 0 aliphatic rings. The number of hydrogen-bond acceptors (Lipinski definition) is 3. The van der Waals surface area contributed by atoms with Crippen LogP contribution >= 0.6 is 22.6 Å². The highest BCUT2D eigenvalue weighted by atomic mass is 127. The van der Waals surface area contributed by atoms with Crippen LogP contribution in [0.25, 0.3) is 0 Å². The van der Waals surface area contributed by atoms with Crippen LogP contribution in [-0.2, 0) is 4.79 Å². The van der Waals surface area contributed by atoms with Crippen LogP contribution < -0.4 is 15.4 Å². The fourth-order valence-corrected chi connectivity index (χ4v) is 2.52. The lowest BCUT2D eigenvalue weighted by molar-refractivity contribution is -0.117. The molecule has 0 aromatic heterocycles. The molecule has 0 radical (unpaired) electrons. The monoisotopic (exact) mass is 424 g/mol. The molecule has 0 saturated carbocycles. The summed E-state index contributed by atoms with van der Waals surface area (Å²) >= 11 is 2.21. The van der Waals surface area contributed by atoms with E-state index in [1.165, 1.54) is 0 Å². The number of amides is 2. The Hall–Kier alpha value is -2.09. The highest BCUT2D eigenvalue weighted by molar-refractivity contribution is 14.1. The third-order valence-corrected chi connectivity index (χ3v) is 3.80. The average molecular weight is 424 g/mol. The van der Waals surface area contributed by atoms with E-state index < -0.39 is 12.1 Å². The van der Waals surface area contributed by atoms with Crippen molar-refractivity contribution in [1.29, 1.82) is 0 Å². The molecule has 2 N–H and O–H groups in total. The summed E-state index contributed by atoms with van der Waals surface area (Å²) in [6.07, 6.45) is -0.668. The van der Waals surface area contributed by atoms with Crippen molar-refractivity contribution >= 4 is 40.3 Å². The lowest BCUT2D eigenvalue weighted by Crippen LogP contribution is -2.43. The van der Waals surface area contributed by atoms with Crippen molar-refractivity contribution in [1.82, 2.24) is 5.32 Å². The van der Waals surface area contributed by atoms with Gasteiger partial charge in [0.1, 0.15) is 11.8 Å². The normalized spacial score (nSPS) is 11.4. The number of ether oxygens (including phenoxy) is 1. The summed E-state index contributed by atoms with van der Waals surface area (Å²) in [6, 6.07) is 13.7. The Morgan fingerprint density at radius 1 is 1.13 bits per heavy atom. The molecule has 0 saturated heterocycles. The van der Waals surface area contributed by atoms with E-state index >= 15 is 0 Å². The molecule has 0 aliphatic heterocycles. The molecule has 0 aliphatic carbocycles. The Labute approximate surface area is 148 Å². The van der Waals surface area contributed by atoms with Crippen molar-refractivity contribution in [3.8, 4) is 5.75 Å². The molecule has 6 heteroatoms. The molecule has 0 fully saturated rings. The Balaban J connectivity index is 1.90. The van der Waals surface area contributed by atoms with Gasteiger partial charge in [0.05, 0.1) is 0 Å². The van der Waals surface area contributed by atoms with Crippen LogP contribution in [0, 0.1) is 10.5 Å². The molecule has 2 rings (SSSR count). The van der Waals surface area contributed by atoms with E-state index in [0.717, 1.165) is 14.8 Å². The molecule has 2 amide bonds. The molecule has 0 spiro atoms. The lowest BCUT2D eigenvalue weighted by Gasteiger charge is -2.15. The van der Waals surface area contributed by atoms with Gasteiger partial charge in [0.15, 0.2) is 0 Å². The van der Waals surface area contributed by atoms with Gasteiger partial charge in [-0.3, -0.25) is 4.79 Å². The molecule has 2 aromatic rings. The van der Waals surface area contributed by atoms with Crippen molar-refractivity contribution in [2.24, 2.45) is 0 Å². The molecular weight excluding hydrogens is 407 g/mol. The van der Waals surface area contributed by atoms with E-state index in [4.69, 9.17) is 4.74 Å². The van der Waals surface area contributed by atoms with Gasteiger partial charge in [-0.1, -0.05) is 18.2 Å². The van der Waals surface area contributed by atoms with Gasteiger partial charge in [-0.15, -0.1) is 0 Å². The van der Waals surface area contributed by atoms with E-state index in [1.807, 2.05) is 31.2 Å². The maximum atomic E-state index is 12.2.